The number of nitriles is 1. The molecule has 1 amide bonds. The average Bonchev–Trinajstić information content (AvgIpc) is 2.27. The highest BCUT2D eigenvalue weighted by Crippen LogP contribution is 2.09. The molecule has 1 rings (SSSR count). The Morgan fingerprint density at radius 3 is 2.72 bits per heavy atom. The molecule has 4 heteroatoms. The van der Waals surface area contributed by atoms with Crippen LogP contribution in [0.5, 0.6) is 0 Å². The van der Waals surface area contributed by atoms with Crippen LogP contribution in [-0.4, -0.2) is 18.0 Å². The van der Waals surface area contributed by atoms with Crippen molar-refractivity contribution in [1.82, 2.24) is 5.32 Å². The molecule has 0 aromatic heterocycles. The lowest BCUT2D eigenvalue weighted by atomic mass is 10.1. The van der Waals surface area contributed by atoms with Crippen molar-refractivity contribution in [3.05, 3.63) is 29.8 Å². The summed E-state index contributed by atoms with van der Waals surface area (Å²) in [5.41, 5.74) is 1.27. The van der Waals surface area contributed by atoms with Crippen LogP contribution in [0.1, 0.15) is 32.8 Å². The first-order chi connectivity index (χ1) is 8.40. The minimum absolute atomic E-state index is 0.0198. The number of carbonyl (C=O) groups is 1. The molecule has 1 aromatic carbocycles. The maximum Gasteiger partial charge on any atom is 0.222 e. The van der Waals surface area contributed by atoms with Gasteiger partial charge in [-0.1, -0.05) is 6.07 Å². The van der Waals surface area contributed by atoms with E-state index in [4.69, 9.17) is 5.26 Å². The Kier molecular flexibility index (Phi) is 4.73. The maximum absolute atomic E-state index is 11.6. The molecule has 0 aliphatic rings. The third kappa shape index (κ3) is 5.35. The Hall–Kier alpha value is -2.02. The van der Waals surface area contributed by atoms with Crippen molar-refractivity contribution in [3.8, 4) is 6.07 Å². The van der Waals surface area contributed by atoms with Gasteiger partial charge in [0.15, 0.2) is 0 Å². The number of hydrogen-bond acceptors (Lipinski definition) is 3. The Bertz CT molecular complexity index is 455. The van der Waals surface area contributed by atoms with Crippen LogP contribution in [0.3, 0.4) is 0 Å². The van der Waals surface area contributed by atoms with Gasteiger partial charge in [0.1, 0.15) is 0 Å². The number of anilines is 1. The van der Waals surface area contributed by atoms with Crippen LogP contribution in [0, 0.1) is 11.3 Å². The van der Waals surface area contributed by atoms with Gasteiger partial charge in [-0.05, 0) is 39.0 Å². The van der Waals surface area contributed by atoms with E-state index in [0.717, 1.165) is 5.69 Å². The monoisotopic (exact) mass is 245 g/mol. The zero-order valence-corrected chi connectivity index (χ0v) is 11.1. The summed E-state index contributed by atoms with van der Waals surface area (Å²) >= 11 is 0. The molecule has 0 unspecified atom stereocenters. The SMILES string of the molecule is CC(C)(C)NC(=O)CCNc1cccc(C#N)c1. The maximum atomic E-state index is 11.6. The molecule has 4 nitrogen and oxygen atoms in total. The third-order valence-electron chi connectivity index (χ3n) is 2.19. The quantitative estimate of drug-likeness (QED) is 0.855. The summed E-state index contributed by atoms with van der Waals surface area (Å²) in [5.74, 6) is 0.0198. The second-order valence-electron chi connectivity index (χ2n) is 5.17. The number of amides is 1. The van der Waals surface area contributed by atoms with Gasteiger partial charge in [-0.25, -0.2) is 0 Å². The Morgan fingerprint density at radius 1 is 1.39 bits per heavy atom. The highest BCUT2D eigenvalue weighted by Gasteiger charge is 2.12. The van der Waals surface area contributed by atoms with Crippen molar-refractivity contribution in [2.75, 3.05) is 11.9 Å². The second-order valence-corrected chi connectivity index (χ2v) is 5.17. The van der Waals surface area contributed by atoms with Crippen molar-refractivity contribution < 1.29 is 4.79 Å². The predicted octanol–water partition coefficient (Wildman–Crippen LogP) is 2.27. The Balaban J connectivity index is 2.38. The van der Waals surface area contributed by atoms with Crippen LogP contribution in [0.2, 0.25) is 0 Å². The van der Waals surface area contributed by atoms with Gasteiger partial charge in [-0.15, -0.1) is 0 Å². The van der Waals surface area contributed by atoms with Crippen LogP contribution in [0.4, 0.5) is 5.69 Å². The highest BCUT2D eigenvalue weighted by molar-refractivity contribution is 5.77. The normalized spacial score (nSPS) is 10.6. The summed E-state index contributed by atoms with van der Waals surface area (Å²) in [6.45, 7) is 6.41. The molecule has 96 valence electrons. The topological polar surface area (TPSA) is 64.9 Å². The van der Waals surface area contributed by atoms with E-state index in [9.17, 15) is 4.79 Å². The summed E-state index contributed by atoms with van der Waals surface area (Å²) in [6, 6.07) is 9.28. The van der Waals surface area contributed by atoms with Crippen LogP contribution in [0.25, 0.3) is 0 Å². The number of benzene rings is 1. The molecular formula is C14H19N3O. The molecule has 1 aromatic rings. The minimum atomic E-state index is -0.197. The first-order valence-electron chi connectivity index (χ1n) is 5.96. The van der Waals surface area contributed by atoms with E-state index in [1.807, 2.05) is 32.9 Å². The van der Waals surface area contributed by atoms with Gasteiger partial charge in [-0.2, -0.15) is 5.26 Å². The van der Waals surface area contributed by atoms with Crippen molar-refractivity contribution in [2.45, 2.75) is 32.7 Å². The highest BCUT2D eigenvalue weighted by atomic mass is 16.1. The first kappa shape index (κ1) is 14.0. The van der Waals surface area contributed by atoms with E-state index >= 15 is 0 Å². The van der Waals surface area contributed by atoms with Gasteiger partial charge < -0.3 is 10.6 Å². The van der Waals surface area contributed by atoms with Crippen molar-refractivity contribution >= 4 is 11.6 Å². The third-order valence-corrected chi connectivity index (χ3v) is 2.19. The van der Waals surface area contributed by atoms with E-state index < -0.39 is 0 Å². The fraction of sp³-hybridized carbons (Fsp3) is 0.429. The molecule has 0 radical (unpaired) electrons. The molecule has 0 spiro atoms. The Morgan fingerprint density at radius 2 is 2.11 bits per heavy atom. The molecule has 0 atom stereocenters. The van der Waals surface area contributed by atoms with Crippen LogP contribution < -0.4 is 10.6 Å². The molecule has 0 bridgehead atoms. The van der Waals surface area contributed by atoms with Gasteiger partial charge in [0, 0.05) is 24.2 Å². The number of nitrogens with zero attached hydrogens (tertiary/aromatic N) is 1. The summed E-state index contributed by atoms with van der Waals surface area (Å²) in [5, 5.41) is 14.8. The van der Waals surface area contributed by atoms with Gasteiger partial charge in [0.05, 0.1) is 11.6 Å². The number of carbonyl (C=O) groups excluding carboxylic acids is 1. The van der Waals surface area contributed by atoms with E-state index in [1.54, 1.807) is 12.1 Å². The lowest BCUT2D eigenvalue weighted by molar-refractivity contribution is -0.122. The van der Waals surface area contributed by atoms with E-state index in [2.05, 4.69) is 16.7 Å². The van der Waals surface area contributed by atoms with Crippen molar-refractivity contribution in [3.63, 3.8) is 0 Å². The molecule has 18 heavy (non-hydrogen) atoms. The molecule has 0 aliphatic heterocycles. The lowest BCUT2D eigenvalue weighted by Crippen LogP contribution is -2.41. The van der Waals surface area contributed by atoms with Gasteiger partial charge in [0.25, 0.3) is 0 Å². The van der Waals surface area contributed by atoms with E-state index in [1.165, 1.54) is 0 Å². The van der Waals surface area contributed by atoms with Crippen LogP contribution in [-0.2, 0) is 4.79 Å². The summed E-state index contributed by atoms with van der Waals surface area (Å²) in [7, 11) is 0. The van der Waals surface area contributed by atoms with Crippen molar-refractivity contribution in [2.24, 2.45) is 0 Å². The molecule has 0 saturated carbocycles. The largest absolute Gasteiger partial charge is 0.384 e. The van der Waals surface area contributed by atoms with Crippen LogP contribution >= 0.6 is 0 Å². The van der Waals surface area contributed by atoms with Gasteiger partial charge >= 0.3 is 0 Å². The molecule has 0 heterocycles. The number of hydrogen-bond donors (Lipinski definition) is 2. The molecule has 0 fully saturated rings. The molecule has 2 N–H and O–H groups in total. The molecular weight excluding hydrogens is 226 g/mol. The second kappa shape index (κ2) is 6.06. The van der Waals surface area contributed by atoms with Crippen LogP contribution in [0.15, 0.2) is 24.3 Å². The van der Waals surface area contributed by atoms with Gasteiger partial charge in [-0.3, -0.25) is 4.79 Å². The zero-order chi connectivity index (χ0) is 13.6. The summed E-state index contributed by atoms with van der Waals surface area (Å²) in [4.78, 5) is 11.6. The molecule has 0 aliphatic carbocycles. The Labute approximate surface area is 108 Å². The fourth-order valence-electron chi connectivity index (χ4n) is 1.50. The minimum Gasteiger partial charge on any atom is -0.384 e. The van der Waals surface area contributed by atoms with E-state index in [-0.39, 0.29) is 11.4 Å². The predicted molar refractivity (Wildman–Crippen MR) is 72.2 cm³/mol. The zero-order valence-electron chi connectivity index (χ0n) is 11.1. The smallest absolute Gasteiger partial charge is 0.222 e. The average molecular weight is 245 g/mol. The first-order valence-corrected chi connectivity index (χ1v) is 5.96. The summed E-state index contributed by atoms with van der Waals surface area (Å²) in [6.07, 6.45) is 0.411. The standard InChI is InChI=1S/C14H19N3O/c1-14(2,3)17-13(18)7-8-16-12-6-4-5-11(9-12)10-15/h4-6,9,16H,7-8H2,1-3H3,(H,17,18). The van der Waals surface area contributed by atoms with Crippen molar-refractivity contribution in [1.29, 1.82) is 5.26 Å². The fourth-order valence-corrected chi connectivity index (χ4v) is 1.50. The van der Waals surface area contributed by atoms with Gasteiger partial charge in [0.2, 0.25) is 5.91 Å². The number of rotatable bonds is 4. The number of nitrogens with one attached hydrogen (secondary N) is 2. The summed E-state index contributed by atoms with van der Waals surface area (Å²) < 4.78 is 0. The van der Waals surface area contributed by atoms with E-state index in [0.29, 0.717) is 18.5 Å². The molecule has 0 saturated heterocycles. The lowest BCUT2D eigenvalue weighted by Gasteiger charge is -2.20.